The number of rotatable bonds is 6. The predicted molar refractivity (Wildman–Crippen MR) is 150 cm³/mol. The third-order valence-corrected chi connectivity index (χ3v) is 7.74. The predicted octanol–water partition coefficient (Wildman–Crippen LogP) is 4.89. The highest BCUT2D eigenvalue weighted by Crippen LogP contribution is 2.39. The molecule has 0 saturated carbocycles. The first-order chi connectivity index (χ1) is 18.6. The highest BCUT2D eigenvalue weighted by atomic mass is 16.5. The minimum Gasteiger partial charge on any atom is -0.490 e. The summed E-state index contributed by atoms with van der Waals surface area (Å²) in [6.07, 6.45) is -0.566. The van der Waals surface area contributed by atoms with E-state index < -0.39 is 6.10 Å². The van der Waals surface area contributed by atoms with Gasteiger partial charge >= 0.3 is 0 Å². The minimum absolute atomic E-state index is 0.173. The zero-order valence-corrected chi connectivity index (χ0v) is 22.1. The fourth-order valence-corrected chi connectivity index (χ4v) is 5.96. The van der Waals surface area contributed by atoms with Crippen LogP contribution in [0.4, 0.5) is 0 Å². The van der Waals surface area contributed by atoms with Gasteiger partial charge in [-0.2, -0.15) is 0 Å². The van der Waals surface area contributed by atoms with Crippen LogP contribution >= 0.6 is 0 Å². The Bertz CT molecular complexity index is 1380. The van der Waals surface area contributed by atoms with Crippen molar-refractivity contribution in [1.82, 2.24) is 14.8 Å². The van der Waals surface area contributed by atoms with E-state index in [2.05, 4.69) is 70.2 Å². The van der Waals surface area contributed by atoms with Gasteiger partial charge in [0.25, 0.3) is 0 Å². The van der Waals surface area contributed by atoms with Crippen molar-refractivity contribution >= 4 is 10.9 Å². The molecular formula is C32H35N3O3. The summed E-state index contributed by atoms with van der Waals surface area (Å²) in [5, 5.41) is 11.9. The molecule has 1 N–H and O–H groups in total. The average Bonchev–Trinajstić information content (AvgIpc) is 3.09. The van der Waals surface area contributed by atoms with Gasteiger partial charge in [0, 0.05) is 49.4 Å². The molecule has 2 unspecified atom stereocenters. The van der Waals surface area contributed by atoms with Crippen molar-refractivity contribution in [3.63, 3.8) is 0 Å². The maximum Gasteiger partial charge on any atom is 0.129 e. The second-order valence-electron chi connectivity index (χ2n) is 10.5. The van der Waals surface area contributed by atoms with Crippen molar-refractivity contribution < 1.29 is 14.6 Å². The van der Waals surface area contributed by atoms with Crippen molar-refractivity contribution in [2.45, 2.75) is 32.6 Å². The maximum atomic E-state index is 10.8. The van der Waals surface area contributed by atoms with E-state index in [1.807, 2.05) is 31.2 Å². The SMILES string of the molecule is Cc1cc(C)c2c(OCC(O)CN3CCN(C4c5ccccc5COc5ccccc54)CC3)cccc2n1. The van der Waals surface area contributed by atoms with Gasteiger partial charge in [0.05, 0.1) is 11.6 Å². The quantitative estimate of drug-likeness (QED) is 0.399. The van der Waals surface area contributed by atoms with Gasteiger partial charge in [0.15, 0.2) is 0 Å². The van der Waals surface area contributed by atoms with Gasteiger partial charge in [0.2, 0.25) is 0 Å². The van der Waals surface area contributed by atoms with Crippen LogP contribution in [0, 0.1) is 13.8 Å². The van der Waals surface area contributed by atoms with E-state index >= 15 is 0 Å². The number of aliphatic hydroxyl groups excluding tert-OH is 1. The maximum absolute atomic E-state index is 10.8. The van der Waals surface area contributed by atoms with Crippen LogP contribution in [0.3, 0.4) is 0 Å². The highest BCUT2D eigenvalue weighted by Gasteiger charge is 2.32. The average molecular weight is 510 g/mol. The summed E-state index contributed by atoms with van der Waals surface area (Å²) in [6.45, 7) is 9.18. The van der Waals surface area contributed by atoms with Crippen LogP contribution in [-0.2, 0) is 6.61 Å². The summed E-state index contributed by atoms with van der Waals surface area (Å²) in [5.74, 6) is 1.75. The zero-order valence-electron chi connectivity index (χ0n) is 22.1. The van der Waals surface area contributed by atoms with Gasteiger partial charge in [-0.1, -0.05) is 48.5 Å². The van der Waals surface area contributed by atoms with Crippen molar-refractivity contribution in [3.05, 3.63) is 101 Å². The summed E-state index contributed by atoms with van der Waals surface area (Å²) in [6, 6.07) is 25.2. The molecule has 0 radical (unpaired) electrons. The second kappa shape index (κ2) is 10.7. The van der Waals surface area contributed by atoms with Crippen molar-refractivity contribution in [2.75, 3.05) is 39.3 Å². The molecule has 0 bridgehead atoms. The van der Waals surface area contributed by atoms with Crippen molar-refractivity contribution in [2.24, 2.45) is 0 Å². The Labute approximate surface area is 224 Å². The molecule has 6 nitrogen and oxygen atoms in total. The van der Waals surface area contributed by atoms with Crippen LogP contribution in [0.2, 0.25) is 0 Å². The van der Waals surface area contributed by atoms with Crippen LogP contribution < -0.4 is 9.47 Å². The molecule has 2 aliphatic heterocycles. The van der Waals surface area contributed by atoms with Crippen molar-refractivity contribution in [3.8, 4) is 11.5 Å². The van der Waals surface area contributed by atoms with Crippen LogP contribution in [0.25, 0.3) is 10.9 Å². The molecule has 0 spiro atoms. The van der Waals surface area contributed by atoms with Crippen LogP contribution in [0.15, 0.2) is 72.8 Å². The Kier molecular flexibility index (Phi) is 7.02. The summed E-state index contributed by atoms with van der Waals surface area (Å²) < 4.78 is 12.3. The Morgan fingerprint density at radius 2 is 1.71 bits per heavy atom. The fourth-order valence-electron chi connectivity index (χ4n) is 5.96. The molecule has 1 saturated heterocycles. The number of benzene rings is 3. The third-order valence-electron chi connectivity index (χ3n) is 7.74. The number of fused-ring (bicyclic) bond motifs is 3. The number of aromatic nitrogens is 1. The topological polar surface area (TPSA) is 58.1 Å². The van der Waals surface area contributed by atoms with E-state index in [4.69, 9.17) is 9.47 Å². The highest BCUT2D eigenvalue weighted by molar-refractivity contribution is 5.88. The first-order valence-corrected chi connectivity index (χ1v) is 13.5. The molecule has 1 aromatic heterocycles. The number of para-hydroxylation sites is 1. The van der Waals surface area contributed by atoms with Crippen molar-refractivity contribution in [1.29, 1.82) is 0 Å². The summed E-state index contributed by atoms with van der Waals surface area (Å²) in [4.78, 5) is 9.53. The molecule has 6 rings (SSSR count). The Hall–Kier alpha value is -3.45. The summed E-state index contributed by atoms with van der Waals surface area (Å²) in [7, 11) is 0. The zero-order chi connectivity index (χ0) is 26.1. The minimum atomic E-state index is -0.566. The van der Waals surface area contributed by atoms with Gasteiger partial charge in [-0.05, 0) is 54.8 Å². The smallest absolute Gasteiger partial charge is 0.129 e. The number of β-amino-alcohol motifs (C(OH)–C–C–N with tert-alkyl or cyclic N) is 1. The fraction of sp³-hybridized carbons (Fsp3) is 0.344. The molecule has 2 atom stereocenters. The molecule has 0 aliphatic carbocycles. The number of aliphatic hydroxyl groups is 1. The number of piperazine rings is 1. The molecule has 1 fully saturated rings. The third kappa shape index (κ3) is 4.99. The standard InChI is InChI=1S/C32H35N3O3/c1-22-18-23(2)33-28-11-7-13-30(31(22)28)38-21-25(36)19-34-14-16-35(17-15-34)32-26-9-4-3-8-24(26)20-37-29-12-6-5-10-27(29)32/h3-13,18,25,32,36H,14-17,19-21H2,1-2H3. The molecule has 196 valence electrons. The van der Waals surface area contributed by atoms with Gasteiger partial charge < -0.3 is 14.6 Å². The van der Waals surface area contributed by atoms with E-state index in [0.29, 0.717) is 13.2 Å². The normalized spacial score (nSPS) is 18.8. The number of ether oxygens (including phenoxy) is 2. The Balaban J connectivity index is 1.10. The largest absolute Gasteiger partial charge is 0.490 e. The van der Waals surface area contributed by atoms with Gasteiger partial charge in [-0.25, -0.2) is 0 Å². The van der Waals surface area contributed by atoms with E-state index in [0.717, 1.165) is 59.8 Å². The molecule has 2 aliphatic rings. The monoisotopic (exact) mass is 509 g/mol. The Morgan fingerprint density at radius 1 is 0.947 bits per heavy atom. The number of hydrogen-bond donors (Lipinski definition) is 1. The lowest BCUT2D eigenvalue weighted by molar-refractivity contribution is 0.0403. The molecule has 6 heteroatoms. The number of nitrogens with zero attached hydrogens (tertiary/aromatic N) is 3. The Morgan fingerprint density at radius 3 is 2.55 bits per heavy atom. The first-order valence-electron chi connectivity index (χ1n) is 13.5. The lowest BCUT2D eigenvalue weighted by Gasteiger charge is -2.40. The second-order valence-corrected chi connectivity index (χ2v) is 10.5. The molecule has 3 aromatic carbocycles. The van der Waals surface area contributed by atoms with E-state index in [-0.39, 0.29) is 12.6 Å². The van der Waals surface area contributed by atoms with Gasteiger partial charge in [-0.15, -0.1) is 0 Å². The van der Waals surface area contributed by atoms with Crippen LogP contribution in [0.1, 0.15) is 34.0 Å². The van der Waals surface area contributed by atoms with Crippen LogP contribution in [0.5, 0.6) is 11.5 Å². The number of pyridine rings is 1. The van der Waals surface area contributed by atoms with Gasteiger partial charge in [-0.3, -0.25) is 14.8 Å². The molecular weight excluding hydrogens is 474 g/mol. The molecule has 3 heterocycles. The molecule has 0 amide bonds. The van der Waals surface area contributed by atoms with Gasteiger partial charge in [0.1, 0.15) is 30.8 Å². The lowest BCUT2D eigenvalue weighted by atomic mass is 9.93. The van der Waals surface area contributed by atoms with E-state index in [1.54, 1.807) is 0 Å². The lowest BCUT2D eigenvalue weighted by Crippen LogP contribution is -2.50. The number of hydrogen-bond acceptors (Lipinski definition) is 6. The summed E-state index contributed by atoms with van der Waals surface area (Å²) in [5.41, 5.74) is 6.87. The molecule has 4 aromatic rings. The number of aryl methyl sites for hydroxylation is 2. The van der Waals surface area contributed by atoms with E-state index in [9.17, 15) is 5.11 Å². The first kappa shape index (κ1) is 24.9. The molecule has 38 heavy (non-hydrogen) atoms. The summed E-state index contributed by atoms with van der Waals surface area (Å²) >= 11 is 0. The van der Waals surface area contributed by atoms with Crippen LogP contribution in [-0.4, -0.2) is 65.3 Å². The van der Waals surface area contributed by atoms with E-state index in [1.165, 1.54) is 16.7 Å².